The lowest BCUT2D eigenvalue weighted by Crippen LogP contribution is -2.16. The van der Waals surface area contributed by atoms with Crippen molar-refractivity contribution >= 4 is 11.6 Å². The van der Waals surface area contributed by atoms with Crippen LogP contribution in [0.4, 0.5) is 0 Å². The Bertz CT molecular complexity index is 324. The Morgan fingerprint density at radius 1 is 1.15 bits per heavy atom. The van der Waals surface area contributed by atoms with Gasteiger partial charge in [0.25, 0.3) is 0 Å². The van der Waals surface area contributed by atoms with Gasteiger partial charge in [-0.3, -0.25) is 4.98 Å². The monoisotopic (exact) mass is 197 g/mol. The van der Waals surface area contributed by atoms with Gasteiger partial charge < -0.3 is 0 Å². The van der Waals surface area contributed by atoms with Crippen molar-refractivity contribution in [2.75, 3.05) is 0 Å². The normalized spacial score (nSPS) is 11.8. The second-order valence-electron chi connectivity index (χ2n) is 4.45. The topological polar surface area (TPSA) is 12.9 Å². The van der Waals surface area contributed by atoms with E-state index >= 15 is 0 Å². The summed E-state index contributed by atoms with van der Waals surface area (Å²) >= 11 is 5.97. The molecule has 13 heavy (non-hydrogen) atoms. The fraction of sp³-hybridized carbons (Fsp3) is 0.545. The van der Waals surface area contributed by atoms with E-state index in [2.05, 4.69) is 32.7 Å². The molecule has 0 aromatic carbocycles. The highest BCUT2D eigenvalue weighted by Gasteiger charge is 2.19. The van der Waals surface area contributed by atoms with E-state index in [9.17, 15) is 0 Å². The Morgan fingerprint density at radius 3 is 2.15 bits per heavy atom. The van der Waals surface area contributed by atoms with Crippen LogP contribution in [-0.2, 0) is 5.41 Å². The number of hydrogen-bond acceptors (Lipinski definition) is 1. The summed E-state index contributed by atoms with van der Waals surface area (Å²) in [6, 6.07) is 0. The molecular formula is C11H16ClN. The van der Waals surface area contributed by atoms with Crippen LogP contribution in [0.2, 0.25) is 5.02 Å². The quantitative estimate of drug-likeness (QED) is 0.619. The number of aromatic nitrogens is 1. The summed E-state index contributed by atoms with van der Waals surface area (Å²) in [5, 5.41) is 0.755. The van der Waals surface area contributed by atoms with E-state index in [0.29, 0.717) is 0 Å². The van der Waals surface area contributed by atoms with Crippen molar-refractivity contribution in [1.82, 2.24) is 4.98 Å². The van der Waals surface area contributed by atoms with Crippen molar-refractivity contribution in [2.24, 2.45) is 0 Å². The Kier molecular flexibility index (Phi) is 2.67. The summed E-state index contributed by atoms with van der Waals surface area (Å²) in [5.41, 5.74) is 3.58. The van der Waals surface area contributed by atoms with Gasteiger partial charge in [0, 0.05) is 17.3 Å². The third-order valence-corrected chi connectivity index (χ3v) is 2.67. The summed E-state index contributed by atoms with van der Waals surface area (Å²) in [5.74, 6) is 0. The number of pyridine rings is 1. The molecule has 0 atom stereocenters. The van der Waals surface area contributed by atoms with Gasteiger partial charge in [-0.2, -0.15) is 0 Å². The van der Waals surface area contributed by atoms with Gasteiger partial charge in [-0.1, -0.05) is 32.4 Å². The van der Waals surface area contributed by atoms with E-state index in [1.54, 1.807) is 6.20 Å². The average molecular weight is 198 g/mol. The van der Waals surface area contributed by atoms with Crippen LogP contribution in [0.1, 0.15) is 37.6 Å². The number of halogens is 1. The molecule has 0 saturated carbocycles. The molecule has 0 aliphatic carbocycles. The van der Waals surface area contributed by atoms with Crippen LogP contribution >= 0.6 is 11.6 Å². The zero-order valence-corrected chi connectivity index (χ0v) is 9.66. The minimum absolute atomic E-state index is 0.0967. The first-order valence-electron chi connectivity index (χ1n) is 4.46. The minimum Gasteiger partial charge on any atom is -0.259 e. The molecule has 0 saturated heterocycles. The largest absolute Gasteiger partial charge is 0.259 e. The van der Waals surface area contributed by atoms with Gasteiger partial charge in [-0.15, -0.1) is 0 Å². The Morgan fingerprint density at radius 2 is 1.69 bits per heavy atom. The molecule has 0 radical (unpaired) electrons. The zero-order valence-electron chi connectivity index (χ0n) is 8.90. The zero-order chi connectivity index (χ0) is 10.2. The molecule has 0 unspecified atom stereocenters. The molecule has 0 aliphatic rings. The molecule has 1 heterocycles. The Balaban J connectivity index is 3.35. The van der Waals surface area contributed by atoms with Crippen LogP contribution in [0.25, 0.3) is 0 Å². The lowest BCUT2D eigenvalue weighted by Gasteiger charge is -2.21. The fourth-order valence-corrected chi connectivity index (χ4v) is 1.62. The van der Waals surface area contributed by atoms with Gasteiger partial charge in [-0.05, 0) is 25.0 Å². The van der Waals surface area contributed by atoms with Gasteiger partial charge in [0.1, 0.15) is 0 Å². The van der Waals surface area contributed by atoms with E-state index in [4.69, 9.17) is 11.6 Å². The molecule has 0 aliphatic heterocycles. The first-order chi connectivity index (χ1) is 5.84. The standard InChI is InChI=1S/C11H16ClN/c1-7-8(2)10(11(3,4)5)13-6-9(7)12/h6H,1-5H3. The lowest BCUT2D eigenvalue weighted by molar-refractivity contribution is 0.563. The molecule has 0 bridgehead atoms. The van der Waals surface area contributed by atoms with Crippen molar-refractivity contribution < 1.29 is 0 Å². The number of hydrogen-bond donors (Lipinski definition) is 0. The van der Waals surface area contributed by atoms with Gasteiger partial charge in [0.15, 0.2) is 0 Å². The van der Waals surface area contributed by atoms with E-state index < -0.39 is 0 Å². The van der Waals surface area contributed by atoms with Crippen LogP contribution in [0.3, 0.4) is 0 Å². The molecule has 0 fully saturated rings. The molecule has 1 nitrogen and oxygen atoms in total. The number of nitrogens with zero attached hydrogens (tertiary/aromatic N) is 1. The van der Waals surface area contributed by atoms with Crippen molar-refractivity contribution in [1.29, 1.82) is 0 Å². The fourth-order valence-electron chi connectivity index (χ4n) is 1.43. The van der Waals surface area contributed by atoms with E-state index in [-0.39, 0.29) is 5.41 Å². The molecule has 0 N–H and O–H groups in total. The SMILES string of the molecule is Cc1c(Cl)cnc(C(C)(C)C)c1C. The maximum Gasteiger partial charge on any atom is 0.0621 e. The molecule has 2 heteroatoms. The summed E-state index contributed by atoms with van der Waals surface area (Å²) in [6.07, 6.45) is 1.74. The Labute approximate surface area is 85.1 Å². The molecule has 0 amide bonds. The predicted octanol–water partition coefficient (Wildman–Crippen LogP) is 3.65. The highest BCUT2D eigenvalue weighted by molar-refractivity contribution is 6.31. The summed E-state index contributed by atoms with van der Waals surface area (Å²) in [4.78, 5) is 4.38. The molecule has 1 rings (SSSR count). The van der Waals surface area contributed by atoms with Crippen LogP contribution < -0.4 is 0 Å². The summed E-state index contributed by atoms with van der Waals surface area (Å²) in [6.45, 7) is 10.6. The van der Waals surface area contributed by atoms with Crippen LogP contribution in [-0.4, -0.2) is 4.98 Å². The molecule has 1 aromatic heterocycles. The summed E-state index contributed by atoms with van der Waals surface area (Å²) < 4.78 is 0. The minimum atomic E-state index is 0.0967. The molecule has 0 spiro atoms. The second-order valence-corrected chi connectivity index (χ2v) is 4.86. The van der Waals surface area contributed by atoms with Gasteiger partial charge >= 0.3 is 0 Å². The molecule has 72 valence electrons. The Hall–Kier alpha value is -0.560. The predicted molar refractivity (Wildman–Crippen MR) is 57.4 cm³/mol. The number of rotatable bonds is 0. The lowest BCUT2D eigenvalue weighted by atomic mass is 9.87. The van der Waals surface area contributed by atoms with Crippen molar-refractivity contribution in [2.45, 2.75) is 40.0 Å². The van der Waals surface area contributed by atoms with Crippen molar-refractivity contribution in [3.63, 3.8) is 0 Å². The summed E-state index contributed by atoms with van der Waals surface area (Å²) in [7, 11) is 0. The third kappa shape index (κ3) is 2.02. The highest BCUT2D eigenvalue weighted by Crippen LogP contribution is 2.28. The smallest absolute Gasteiger partial charge is 0.0621 e. The van der Waals surface area contributed by atoms with Crippen LogP contribution in [0.15, 0.2) is 6.20 Å². The van der Waals surface area contributed by atoms with Gasteiger partial charge in [0.2, 0.25) is 0 Å². The molecular weight excluding hydrogens is 182 g/mol. The molecule has 1 aromatic rings. The van der Waals surface area contributed by atoms with E-state index in [0.717, 1.165) is 16.3 Å². The second kappa shape index (κ2) is 3.30. The van der Waals surface area contributed by atoms with Crippen molar-refractivity contribution in [3.05, 3.63) is 28.0 Å². The van der Waals surface area contributed by atoms with E-state index in [1.165, 1.54) is 5.56 Å². The van der Waals surface area contributed by atoms with Crippen LogP contribution in [0, 0.1) is 13.8 Å². The van der Waals surface area contributed by atoms with Gasteiger partial charge in [-0.25, -0.2) is 0 Å². The third-order valence-electron chi connectivity index (χ3n) is 2.29. The first kappa shape index (κ1) is 10.5. The van der Waals surface area contributed by atoms with Crippen molar-refractivity contribution in [3.8, 4) is 0 Å². The van der Waals surface area contributed by atoms with Gasteiger partial charge in [0.05, 0.1) is 5.02 Å². The average Bonchev–Trinajstić information content (AvgIpc) is 1.98. The highest BCUT2D eigenvalue weighted by atomic mass is 35.5. The first-order valence-corrected chi connectivity index (χ1v) is 4.84. The maximum absolute atomic E-state index is 5.97. The maximum atomic E-state index is 5.97. The van der Waals surface area contributed by atoms with Crippen LogP contribution in [0.5, 0.6) is 0 Å². The van der Waals surface area contributed by atoms with E-state index in [1.807, 2.05) is 6.92 Å².